The van der Waals surface area contributed by atoms with Crippen LogP contribution in [-0.4, -0.2) is 20.1 Å². The van der Waals surface area contributed by atoms with Gasteiger partial charge in [-0.3, -0.25) is 0 Å². The zero-order valence-electron chi connectivity index (χ0n) is 11.5. The standard InChI is InChI=1S/C15H23ClN2/c1-11-6-12(2)10-18(9-11)14-5-4-13(8-17-3)15(16)7-14/h4-5,7,11-12,17H,6,8-10H2,1-3H3. The number of rotatable bonds is 3. The number of anilines is 1. The molecule has 2 rings (SSSR count). The maximum Gasteiger partial charge on any atom is 0.0471 e. The predicted molar refractivity (Wildman–Crippen MR) is 79.4 cm³/mol. The van der Waals surface area contributed by atoms with Gasteiger partial charge in [0.05, 0.1) is 0 Å². The average molecular weight is 267 g/mol. The van der Waals surface area contributed by atoms with Crippen molar-refractivity contribution in [2.24, 2.45) is 11.8 Å². The van der Waals surface area contributed by atoms with E-state index in [1.807, 2.05) is 7.05 Å². The van der Waals surface area contributed by atoms with Gasteiger partial charge in [-0.2, -0.15) is 0 Å². The van der Waals surface area contributed by atoms with Gasteiger partial charge in [-0.1, -0.05) is 31.5 Å². The van der Waals surface area contributed by atoms with E-state index in [9.17, 15) is 0 Å². The Labute approximate surface area is 115 Å². The second-order valence-corrected chi connectivity index (χ2v) is 6.06. The Hall–Kier alpha value is -0.730. The van der Waals surface area contributed by atoms with Gasteiger partial charge in [0.15, 0.2) is 0 Å². The van der Waals surface area contributed by atoms with Crippen molar-refractivity contribution in [3.63, 3.8) is 0 Å². The molecular formula is C15H23ClN2. The van der Waals surface area contributed by atoms with Gasteiger partial charge in [0.2, 0.25) is 0 Å². The lowest BCUT2D eigenvalue weighted by Crippen LogP contribution is -2.38. The highest BCUT2D eigenvalue weighted by Gasteiger charge is 2.22. The van der Waals surface area contributed by atoms with Crippen molar-refractivity contribution in [3.05, 3.63) is 28.8 Å². The molecule has 2 atom stereocenters. The number of piperidine rings is 1. The van der Waals surface area contributed by atoms with Crippen molar-refractivity contribution in [2.45, 2.75) is 26.8 Å². The van der Waals surface area contributed by atoms with E-state index in [-0.39, 0.29) is 0 Å². The predicted octanol–water partition coefficient (Wildman–Crippen LogP) is 3.54. The van der Waals surface area contributed by atoms with Gasteiger partial charge in [0, 0.05) is 30.3 Å². The van der Waals surface area contributed by atoms with Crippen molar-refractivity contribution in [3.8, 4) is 0 Å². The van der Waals surface area contributed by atoms with Gasteiger partial charge < -0.3 is 10.2 Å². The second-order valence-electron chi connectivity index (χ2n) is 5.66. The molecule has 0 aromatic heterocycles. The smallest absolute Gasteiger partial charge is 0.0471 e. The third-order valence-electron chi connectivity index (χ3n) is 3.64. The van der Waals surface area contributed by atoms with E-state index in [2.05, 4.69) is 42.3 Å². The van der Waals surface area contributed by atoms with Crippen LogP contribution >= 0.6 is 11.6 Å². The normalized spacial score (nSPS) is 24.3. The highest BCUT2D eigenvalue weighted by molar-refractivity contribution is 6.31. The number of benzene rings is 1. The van der Waals surface area contributed by atoms with Crippen LogP contribution in [0, 0.1) is 11.8 Å². The van der Waals surface area contributed by atoms with Crippen LogP contribution < -0.4 is 10.2 Å². The maximum atomic E-state index is 6.33. The van der Waals surface area contributed by atoms with E-state index in [1.54, 1.807) is 0 Å². The summed E-state index contributed by atoms with van der Waals surface area (Å²) in [6, 6.07) is 6.44. The maximum absolute atomic E-state index is 6.33. The average Bonchev–Trinajstić information content (AvgIpc) is 2.30. The summed E-state index contributed by atoms with van der Waals surface area (Å²) in [4.78, 5) is 2.47. The van der Waals surface area contributed by atoms with Crippen molar-refractivity contribution < 1.29 is 0 Å². The van der Waals surface area contributed by atoms with Crippen LogP contribution in [0.3, 0.4) is 0 Å². The molecule has 0 bridgehead atoms. The first kappa shape index (κ1) is 13.7. The fraction of sp³-hybridized carbons (Fsp3) is 0.600. The Balaban J connectivity index is 2.15. The van der Waals surface area contributed by atoms with Crippen LogP contribution in [0.5, 0.6) is 0 Å². The van der Waals surface area contributed by atoms with E-state index in [4.69, 9.17) is 11.6 Å². The molecule has 18 heavy (non-hydrogen) atoms. The Morgan fingerprint density at radius 1 is 1.28 bits per heavy atom. The van der Waals surface area contributed by atoms with Gasteiger partial charge in [0.25, 0.3) is 0 Å². The number of halogens is 1. The number of nitrogens with zero attached hydrogens (tertiary/aromatic N) is 1. The van der Waals surface area contributed by atoms with Crippen LogP contribution in [0.2, 0.25) is 5.02 Å². The summed E-state index contributed by atoms with van der Waals surface area (Å²) in [5.74, 6) is 1.54. The molecular weight excluding hydrogens is 244 g/mol. The van der Waals surface area contributed by atoms with E-state index in [1.165, 1.54) is 17.7 Å². The van der Waals surface area contributed by atoms with Gasteiger partial charge in [-0.05, 0) is 43.0 Å². The first-order valence-electron chi connectivity index (χ1n) is 6.78. The fourth-order valence-electron chi connectivity index (χ4n) is 2.94. The van der Waals surface area contributed by atoms with E-state index >= 15 is 0 Å². The molecule has 1 N–H and O–H groups in total. The van der Waals surface area contributed by atoms with Crippen molar-refractivity contribution in [1.82, 2.24) is 5.32 Å². The molecule has 1 saturated heterocycles. The van der Waals surface area contributed by atoms with Crippen LogP contribution in [0.25, 0.3) is 0 Å². The summed E-state index contributed by atoms with van der Waals surface area (Å²) < 4.78 is 0. The van der Waals surface area contributed by atoms with E-state index < -0.39 is 0 Å². The Kier molecular flexibility index (Phi) is 4.52. The minimum atomic E-state index is 0.768. The Morgan fingerprint density at radius 3 is 2.50 bits per heavy atom. The number of hydrogen-bond acceptors (Lipinski definition) is 2. The molecule has 1 aliphatic rings. The summed E-state index contributed by atoms with van der Waals surface area (Å²) in [7, 11) is 1.94. The fourth-order valence-corrected chi connectivity index (χ4v) is 3.18. The molecule has 0 spiro atoms. The molecule has 0 radical (unpaired) electrons. The summed E-state index contributed by atoms with van der Waals surface area (Å²) in [5.41, 5.74) is 2.43. The Bertz CT molecular complexity index is 395. The molecule has 1 fully saturated rings. The summed E-state index contributed by atoms with van der Waals surface area (Å²) >= 11 is 6.33. The van der Waals surface area contributed by atoms with Crippen molar-refractivity contribution in [2.75, 3.05) is 25.0 Å². The number of hydrogen-bond donors (Lipinski definition) is 1. The van der Waals surface area contributed by atoms with Crippen LogP contribution in [0.15, 0.2) is 18.2 Å². The first-order chi connectivity index (χ1) is 8.60. The van der Waals surface area contributed by atoms with Crippen LogP contribution in [0.1, 0.15) is 25.8 Å². The van der Waals surface area contributed by atoms with Gasteiger partial charge in [0.1, 0.15) is 0 Å². The zero-order chi connectivity index (χ0) is 13.1. The summed E-state index contributed by atoms with van der Waals surface area (Å²) in [5, 5.41) is 4.01. The van der Waals surface area contributed by atoms with Crippen LogP contribution in [0.4, 0.5) is 5.69 Å². The van der Waals surface area contributed by atoms with Gasteiger partial charge in [-0.15, -0.1) is 0 Å². The second kappa shape index (κ2) is 5.94. The largest absolute Gasteiger partial charge is 0.371 e. The topological polar surface area (TPSA) is 15.3 Å². The SMILES string of the molecule is CNCc1ccc(N2CC(C)CC(C)C2)cc1Cl. The lowest BCUT2D eigenvalue weighted by atomic mass is 9.91. The minimum absolute atomic E-state index is 0.768. The minimum Gasteiger partial charge on any atom is -0.371 e. The third-order valence-corrected chi connectivity index (χ3v) is 3.99. The molecule has 100 valence electrons. The molecule has 1 aromatic carbocycles. The highest BCUT2D eigenvalue weighted by atomic mass is 35.5. The molecule has 0 saturated carbocycles. The number of nitrogens with one attached hydrogen (secondary N) is 1. The molecule has 3 heteroatoms. The summed E-state index contributed by atoms with van der Waals surface area (Å²) in [6.07, 6.45) is 1.34. The quantitative estimate of drug-likeness (QED) is 0.900. The zero-order valence-corrected chi connectivity index (χ0v) is 12.3. The molecule has 2 unspecified atom stereocenters. The summed E-state index contributed by atoms with van der Waals surface area (Å²) in [6.45, 7) is 7.78. The van der Waals surface area contributed by atoms with Crippen LogP contribution in [-0.2, 0) is 6.54 Å². The molecule has 0 amide bonds. The molecule has 1 heterocycles. The first-order valence-corrected chi connectivity index (χ1v) is 7.16. The van der Waals surface area contributed by atoms with E-state index in [0.29, 0.717) is 0 Å². The lowest BCUT2D eigenvalue weighted by Gasteiger charge is -2.36. The molecule has 0 aliphatic carbocycles. The molecule has 1 aliphatic heterocycles. The Morgan fingerprint density at radius 2 is 1.94 bits per heavy atom. The highest BCUT2D eigenvalue weighted by Crippen LogP contribution is 2.29. The monoisotopic (exact) mass is 266 g/mol. The molecule has 1 aromatic rings. The third kappa shape index (κ3) is 3.18. The molecule has 2 nitrogen and oxygen atoms in total. The lowest BCUT2D eigenvalue weighted by molar-refractivity contribution is 0.357. The van der Waals surface area contributed by atoms with E-state index in [0.717, 1.165) is 36.5 Å². The van der Waals surface area contributed by atoms with Gasteiger partial charge >= 0.3 is 0 Å². The van der Waals surface area contributed by atoms with Gasteiger partial charge in [-0.25, -0.2) is 0 Å². The van der Waals surface area contributed by atoms with Crippen molar-refractivity contribution >= 4 is 17.3 Å². The van der Waals surface area contributed by atoms with Crippen molar-refractivity contribution in [1.29, 1.82) is 0 Å².